The Kier molecular flexibility index (Phi) is 2.72. The summed E-state index contributed by atoms with van der Waals surface area (Å²) in [6.07, 6.45) is 2.66. The molecule has 3 nitrogen and oxygen atoms in total. The molecule has 1 fully saturated rings. The van der Waals surface area contributed by atoms with Crippen LogP contribution in [0.5, 0.6) is 5.75 Å². The molecule has 0 radical (unpaired) electrons. The van der Waals surface area contributed by atoms with E-state index in [2.05, 4.69) is 0 Å². The number of carbonyl (C=O) groups is 1. The minimum Gasteiger partial charge on any atom is -0.497 e. The van der Waals surface area contributed by atoms with Crippen molar-refractivity contribution in [2.45, 2.75) is 31.7 Å². The zero-order valence-corrected chi connectivity index (χ0v) is 9.75. The van der Waals surface area contributed by atoms with E-state index in [-0.39, 0.29) is 5.78 Å². The van der Waals surface area contributed by atoms with Crippen LogP contribution in [0, 0.1) is 6.92 Å². The lowest BCUT2D eigenvalue weighted by Crippen LogP contribution is -2.53. The quantitative estimate of drug-likeness (QED) is 0.792. The number of hydrogen-bond donors (Lipinski definition) is 1. The second-order valence-electron chi connectivity index (χ2n) is 4.52. The molecule has 0 atom stereocenters. The van der Waals surface area contributed by atoms with Crippen LogP contribution >= 0.6 is 0 Å². The van der Waals surface area contributed by atoms with Gasteiger partial charge in [-0.2, -0.15) is 0 Å². The van der Waals surface area contributed by atoms with Crippen molar-refractivity contribution in [3.05, 3.63) is 29.3 Å². The Morgan fingerprint density at radius 1 is 1.44 bits per heavy atom. The second-order valence-corrected chi connectivity index (χ2v) is 4.52. The third-order valence-corrected chi connectivity index (χ3v) is 3.38. The topological polar surface area (TPSA) is 52.3 Å². The Bertz CT molecular complexity index is 422. The van der Waals surface area contributed by atoms with E-state index in [1.807, 2.05) is 25.1 Å². The zero-order chi connectivity index (χ0) is 11.8. The molecule has 0 spiro atoms. The van der Waals surface area contributed by atoms with Crippen LogP contribution in [-0.2, 0) is 0 Å². The van der Waals surface area contributed by atoms with Gasteiger partial charge in [0.05, 0.1) is 12.6 Å². The number of rotatable bonds is 3. The number of ketones is 1. The number of aryl methyl sites for hydroxylation is 1. The molecule has 0 unspecified atom stereocenters. The lowest BCUT2D eigenvalue weighted by Gasteiger charge is -2.36. The standard InChI is InChI=1S/C13H17NO2/c1-9-8-10(16-2)4-5-11(9)12(15)13(14)6-3-7-13/h4-5,8H,3,6-7,14H2,1-2H3. The number of Topliss-reactive ketones (excluding diaryl/α,β-unsaturated/α-hetero) is 1. The van der Waals surface area contributed by atoms with Gasteiger partial charge in [0.25, 0.3) is 0 Å². The number of methoxy groups -OCH3 is 1. The summed E-state index contributed by atoms with van der Waals surface area (Å²) in [5.41, 5.74) is 7.08. The number of benzene rings is 1. The summed E-state index contributed by atoms with van der Waals surface area (Å²) >= 11 is 0. The third-order valence-electron chi connectivity index (χ3n) is 3.38. The van der Waals surface area contributed by atoms with Gasteiger partial charge in [-0.15, -0.1) is 0 Å². The van der Waals surface area contributed by atoms with Crippen LogP contribution in [-0.4, -0.2) is 18.4 Å². The maximum atomic E-state index is 12.2. The predicted molar refractivity (Wildman–Crippen MR) is 62.8 cm³/mol. The fraction of sp³-hybridized carbons (Fsp3) is 0.462. The van der Waals surface area contributed by atoms with Crippen LogP contribution in [0.1, 0.15) is 35.2 Å². The van der Waals surface area contributed by atoms with E-state index < -0.39 is 5.54 Å². The molecule has 2 N–H and O–H groups in total. The Morgan fingerprint density at radius 3 is 2.56 bits per heavy atom. The van der Waals surface area contributed by atoms with Crippen LogP contribution in [0.2, 0.25) is 0 Å². The summed E-state index contributed by atoms with van der Waals surface area (Å²) in [5.74, 6) is 0.840. The maximum Gasteiger partial charge on any atom is 0.182 e. The molecule has 0 bridgehead atoms. The van der Waals surface area contributed by atoms with Crippen molar-refractivity contribution in [1.29, 1.82) is 0 Å². The van der Waals surface area contributed by atoms with Gasteiger partial charge < -0.3 is 10.5 Å². The molecule has 1 saturated carbocycles. The van der Waals surface area contributed by atoms with Gasteiger partial charge in [0.2, 0.25) is 0 Å². The Balaban J connectivity index is 2.30. The molecule has 16 heavy (non-hydrogen) atoms. The molecule has 86 valence electrons. The lowest BCUT2D eigenvalue weighted by molar-refractivity contribution is 0.0800. The van der Waals surface area contributed by atoms with Crippen LogP contribution in [0.15, 0.2) is 18.2 Å². The van der Waals surface area contributed by atoms with Gasteiger partial charge in [0.15, 0.2) is 5.78 Å². The smallest absolute Gasteiger partial charge is 0.182 e. The first-order valence-electron chi connectivity index (χ1n) is 5.55. The molecule has 1 aliphatic rings. The highest BCUT2D eigenvalue weighted by Gasteiger charge is 2.40. The van der Waals surface area contributed by atoms with Crippen molar-refractivity contribution in [3.63, 3.8) is 0 Å². The van der Waals surface area contributed by atoms with Crippen molar-refractivity contribution >= 4 is 5.78 Å². The van der Waals surface area contributed by atoms with Gasteiger partial charge in [0, 0.05) is 5.56 Å². The lowest BCUT2D eigenvalue weighted by atomic mass is 9.72. The monoisotopic (exact) mass is 219 g/mol. The SMILES string of the molecule is COc1ccc(C(=O)C2(N)CCC2)c(C)c1. The maximum absolute atomic E-state index is 12.2. The van der Waals surface area contributed by atoms with Crippen molar-refractivity contribution in [2.75, 3.05) is 7.11 Å². The average molecular weight is 219 g/mol. The van der Waals surface area contributed by atoms with E-state index in [0.717, 1.165) is 36.1 Å². The van der Waals surface area contributed by atoms with Crippen LogP contribution in [0.4, 0.5) is 0 Å². The fourth-order valence-corrected chi connectivity index (χ4v) is 2.07. The molecule has 2 rings (SSSR count). The summed E-state index contributed by atoms with van der Waals surface area (Å²) in [6, 6.07) is 5.49. The first kappa shape index (κ1) is 11.1. The van der Waals surface area contributed by atoms with E-state index in [1.165, 1.54) is 0 Å². The van der Waals surface area contributed by atoms with Crippen molar-refractivity contribution in [1.82, 2.24) is 0 Å². The molecule has 0 aliphatic heterocycles. The molecule has 0 saturated heterocycles. The van der Waals surface area contributed by atoms with Gasteiger partial charge >= 0.3 is 0 Å². The minimum absolute atomic E-state index is 0.0684. The molecule has 1 aliphatic carbocycles. The molecule has 0 heterocycles. The average Bonchev–Trinajstić information content (AvgIpc) is 2.24. The van der Waals surface area contributed by atoms with Gasteiger partial charge in [0.1, 0.15) is 5.75 Å². The molecule has 3 heteroatoms. The normalized spacial score (nSPS) is 17.7. The van der Waals surface area contributed by atoms with Gasteiger partial charge in [-0.05, 0) is 49.9 Å². The Morgan fingerprint density at radius 2 is 2.12 bits per heavy atom. The summed E-state index contributed by atoms with van der Waals surface area (Å²) in [7, 11) is 1.62. The zero-order valence-electron chi connectivity index (χ0n) is 9.75. The van der Waals surface area contributed by atoms with Crippen LogP contribution in [0.3, 0.4) is 0 Å². The number of nitrogens with two attached hydrogens (primary N) is 1. The van der Waals surface area contributed by atoms with Gasteiger partial charge in [-0.25, -0.2) is 0 Å². The van der Waals surface area contributed by atoms with E-state index in [0.29, 0.717) is 0 Å². The number of ether oxygens (including phenoxy) is 1. The Hall–Kier alpha value is -1.35. The third kappa shape index (κ3) is 1.71. The van der Waals surface area contributed by atoms with E-state index in [4.69, 9.17) is 10.5 Å². The van der Waals surface area contributed by atoms with Crippen molar-refractivity contribution in [2.24, 2.45) is 5.73 Å². The first-order chi connectivity index (χ1) is 7.57. The predicted octanol–water partition coefficient (Wildman–Crippen LogP) is 2.07. The summed E-state index contributed by atoms with van der Waals surface area (Å²) < 4.78 is 5.11. The number of hydrogen-bond acceptors (Lipinski definition) is 3. The van der Waals surface area contributed by atoms with Crippen molar-refractivity contribution in [3.8, 4) is 5.75 Å². The molecule has 0 aromatic heterocycles. The molecule has 0 amide bonds. The molecular formula is C13H17NO2. The number of carbonyl (C=O) groups excluding carboxylic acids is 1. The van der Waals surface area contributed by atoms with Crippen molar-refractivity contribution < 1.29 is 9.53 Å². The highest BCUT2D eigenvalue weighted by molar-refractivity contribution is 6.04. The van der Waals surface area contributed by atoms with E-state index >= 15 is 0 Å². The van der Waals surface area contributed by atoms with Gasteiger partial charge in [-0.3, -0.25) is 4.79 Å². The van der Waals surface area contributed by atoms with E-state index in [1.54, 1.807) is 7.11 Å². The summed E-state index contributed by atoms with van der Waals surface area (Å²) in [6.45, 7) is 1.91. The molecule has 1 aromatic carbocycles. The fourth-order valence-electron chi connectivity index (χ4n) is 2.07. The summed E-state index contributed by atoms with van der Waals surface area (Å²) in [5, 5.41) is 0. The minimum atomic E-state index is -0.612. The first-order valence-corrected chi connectivity index (χ1v) is 5.55. The second kappa shape index (κ2) is 3.91. The highest BCUT2D eigenvalue weighted by atomic mass is 16.5. The van der Waals surface area contributed by atoms with Crippen LogP contribution in [0.25, 0.3) is 0 Å². The summed E-state index contributed by atoms with van der Waals surface area (Å²) in [4.78, 5) is 12.2. The van der Waals surface area contributed by atoms with Gasteiger partial charge in [-0.1, -0.05) is 0 Å². The Labute approximate surface area is 95.6 Å². The van der Waals surface area contributed by atoms with Crippen LogP contribution < -0.4 is 10.5 Å². The highest BCUT2D eigenvalue weighted by Crippen LogP contribution is 2.33. The van der Waals surface area contributed by atoms with E-state index in [9.17, 15) is 4.79 Å². The molecular weight excluding hydrogens is 202 g/mol. The molecule has 1 aromatic rings. The largest absolute Gasteiger partial charge is 0.497 e.